The van der Waals surface area contributed by atoms with Crippen molar-refractivity contribution >= 4 is 5.97 Å². The van der Waals surface area contributed by atoms with E-state index in [-0.39, 0.29) is 6.42 Å². The molecule has 0 rings (SSSR count). The molecule has 1 unspecified atom stereocenters. The predicted molar refractivity (Wildman–Crippen MR) is 108 cm³/mol. The second kappa shape index (κ2) is 17.8. The molecule has 0 heterocycles. The van der Waals surface area contributed by atoms with Crippen LogP contribution >= 0.6 is 0 Å². The smallest absolute Gasteiger partial charge is 0.306 e. The van der Waals surface area contributed by atoms with E-state index in [1.54, 1.807) is 0 Å². The number of carboxylic acids is 1. The maximum absolute atomic E-state index is 10.7. The molecule has 0 aliphatic rings. The molecule has 0 saturated carbocycles. The van der Waals surface area contributed by atoms with Crippen LogP contribution in [0.2, 0.25) is 0 Å². The number of hydrogen-bond donors (Lipinski definition) is 3. The van der Waals surface area contributed by atoms with E-state index in [2.05, 4.69) is 6.92 Å². The van der Waals surface area contributed by atoms with Gasteiger partial charge in [0.1, 0.15) is 0 Å². The summed E-state index contributed by atoms with van der Waals surface area (Å²) in [5, 5.41) is 27.9. The lowest BCUT2D eigenvalue weighted by atomic mass is 9.93. The lowest BCUT2D eigenvalue weighted by Crippen LogP contribution is -2.35. The number of hydrogen-bond acceptors (Lipinski definition) is 3. The number of unbranched alkanes of at least 4 members (excludes halogenated alkanes) is 15. The highest BCUT2D eigenvalue weighted by Gasteiger charge is 2.28. The topological polar surface area (TPSA) is 77.8 Å². The molecule has 0 aromatic carbocycles. The van der Waals surface area contributed by atoms with E-state index in [4.69, 9.17) is 10.2 Å². The van der Waals surface area contributed by atoms with Gasteiger partial charge in [0.15, 0.2) is 0 Å². The molecule has 0 aromatic rings. The van der Waals surface area contributed by atoms with Crippen LogP contribution in [-0.4, -0.2) is 33.5 Å². The summed E-state index contributed by atoms with van der Waals surface area (Å²) in [7, 11) is 0. The van der Waals surface area contributed by atoms with Crippen molar-refractivity contribution in [3.8, 4) is 0 Å². The van der Waals surface area contributed by atoms with Crippen LogP contribution in [0, 0.1) is 0 Å². The maximum Gasteiger partial charge on any atom is 0.306 e. The zero-order valence-corrected chi connectivity index (χ0v) is 17.2. The Morgan fingerprint density at radius 1 is 0.692 bits per heavy atom. The van der Waals surface area contributed by atoms with Gasteiger partial charge in [-0.1, -0.05) is 110 Å². The monoisotopic (exact) mass is 372 g/mol. The maximum atomic E-state index is 10.7. The Labute approximate surface area is 161 Å². The van der Waals surface area contributed by atoms with E-state index in [0.717, 1.165) is 19.3 Å². The molecule has 0 amide bonds. The third-order valence-electron chi connectivity index (χ3n) is 5.27. The first kappa shape index (κ1) is 25.4. The molecule has 26 heavy (non-hydrogen) atoms. The van der Waals surface area contributed by atoms with Crippen LogP contribution in [-0.2, 0) is 4.79 Å². The molecule has 0 aliphatic carbocycles. The Bertz CT molecular complexity index is 319. The van der Waals surface area contributed by atoms with Crippen molar-refractivity contribution in [1.29, 1.82) is 0 Å². The van der Waals surface area contributed by atoms with Crippen molar-refractivity contribution in [2.75, 3.05) is 6.61 Å². The molecule has 4 heteroatoms. The van der Waals surface area contributed by atoms with Gasteiger partial charge in [-0.2, -0.15) is 0 Å². The van der Waals surface area contributed by atoms with E-state index in [9.17, 15) is 9.90 Å². The minimum Gasteiger partial charge on any atom is -0.481 e. The average molecular weight is 373 g/mol. The van der Waals surface area contributed by atoms with Gasteiger partial charge in [0.2, 0.25) is 0 Å². The summed E-state index contributed by atoms with van der Waals surface area (Å²) in [6.45, 7) is 1.79. The van der Waals surface area contributed by atoms with Crippen LogP contribution < -0.4 is 0 Å². The molecule has 0 aliphatic heterocycles. The van der Waals surface area contributed by atoms with Crippen LogP contribution in [0.25, 0.3) is 0 Å². The molecule has 0 saturated heterocycles. The highest BCUT2D eigenvalue weighted by molar-refractivity contribution is 5.68. The van der Waals surface area contributed by atoms with Crippen LogP contribution in [0.15, 0.2) is 0 Å². The second-order valence-corrected chi connectivity index (χ2v) is 8.01. The normalized spacial score (nSPS) is 13.7. The van der Waals surface area contributed by atoms with Crippen molar-refractivity contribution in [2.24, 2.45) is 0 Å². The largest absolute Gasteiger partial charge is 0.481 e. The first-order chi connectivity index (χ1) is 12.5. The molecule has 1 atom stereocenters. The summed E-state index contributed by atoms with van der Waals surface area (Å²) in [6.07, 6.45) is 20.6. The number of aliphatic hydroxyl groups is 2. The van der Waals surface area contributed by atoms with Gasteiger partial charge in [0.25, 0.3) is 0 Å². The predicted octanol–water partition coefficient (Wildman–Crippen LogP) is 5.84. The van der Waals surface area contributed by atoms with E-state index >= 15 is 0 Å². The zero-order chi connectivity index (χ0) is 19.5. The quantitative estimate of drug-likeness (QED) is 0.235. The zero-order valence-electron chi connectivity index (χ0n) is 17.2. The molecule has 156 valence electrons. The minimum absolute atomic E-state index is 0.369. The molecule has 0 bridgehead atoms. The van der Waals surface area contributed by atoms with Crippen molar-refractivity contribution < 1.29 is 20.1 Å². The van der Waals surface area contributed by atoms with Crippen molar-refractivity contribution in [3.05, 3.63) is 0 Å². The van der Waals surface area contributed by atoms with Crippen molar-refractivity contribution in [1.82, 2.24) is 0 Å². The Kier molecular flexibility index (Phi) is 17.4. The van der Waals surface area contributed by atoms with Crippen LogP contribution in [0.3, 0.4) is 0 Å². The molecule has 0 aromatic heterocycles. The van der Waals surface area contributed by atoms with Gasteiger partial charge in [-0.3, -0.25) is 4.79 Å². The van der Waals surface area contributed by atoms with Crippen LogP contribution in [0.5, 0.6) is 0 Å². The number of aliphatic hydroxyl groups excluding tert-OH is 1. The fourth-order valence-corrected chi connectivity index (χ4v) is 3.51. The number of carbonyl (C=O) groups is 1. The van der Waals surface area contributed by atoms with E-state index in [1.807, 2.05) is 0 Å². The van der Waals surface area contributed by atoms with Crippen LogP contribution in [0.4, 0.5) is 0 Å². The Hall–Kier alpha value is -0.610. The number of rotatable bonds is 20. The average Bonchev–Trinajstić information content (AvgIpc) is 2.60. The molecule has 0 spiro atoms. The molecule has 0 radical (unpaired) electrons. The van der Waals surface area contributed by atoms with E-state index in [1.165, 1.54) is 83.5 Å². The van der Waals surface area contributed by atoms with Crippen LogP contribution in [0.1, 0.15) is 122 Å². The van der Waals surface area contributed by atoms with Gasteiger partial charge >= 0.3 is 5.97 Å². The molecule has 3 N–H and O–H groups in total. The SMILES string of the molecule is CCCCCCCCCCCCCCCCCCC(O)(CO)CC(=O)O. The first-order valence-electron chi connectivity index (χ1n) is 11.1. The van der Waals surface area contributed by atoms with Gasteiger partial charge < -0.3 is 15.3 Å². The fraction of sp³-hybridized carbons (Fsp3) is 0.955. The summed E-state index contributed by atoms with van der Waals surface area (Å²) in [6, 6.07) is 0. The summed E-state index contributed by atoms with van der Waals surface area (Å²) < 4.78 is 0. The number of carboxylic acid groups (broad SMARTS) is 1. The third kappa shape index (κ3) is 16.8. The van der Waals surface area contributed by atoms with Gasteiger partial charge in [-0.05, 0) is 6.42 Å². The first-order valence-corrected chi connectivity index (χ1v) is 11.1. The van der Waals surface area contributed by atoms with Gasteiger partial charge in [0.05, 0.1) is 18.6 Å². The molecule has 4 nitrogen and oxygen atoms in total. The lowest BCUT2D eigenvalue weighted by molar-refractivity contribution is -0.144. The molecular formula is C22H44O4. The van der Waals surface area contributed by atoms with Crippen molar-refractivity contribution in [3.63, 3.8) is 0 Å². The summed E-state index contributed by atoms with van der Waals surface area (Å²) >= 11 is 0. The number of aliphatic carboxylic acids is 1. The third-order valence-corrected chi connectivity index (χ3v) is 5.27. The summed E-state index contributed by atoms with van der Waals surface area (Å²) in [4.78, 5) is 10.7. The Morgan fingerprint density at radius 2 is 1.04 bits per heavy atom. The van der Waals surface area contributed by atoms with Crippen molar-refractivity contribution in [2.45, 2.75) is 128 Å². The molecule has 0 fully saturated rings. The highest BCUT2D eigenvalue weighted by Crippen LogP contribution is 2.20. The lowest BCUT2D eigenvalue weighted by Gasteiger charge is -2.23. The van der Waals surface area contributed by atoms with Gasteiger partial charge in [0, 0.05) is 0 Å². The molecular weight excluding hydrogens is 328 g/mol. The Balaban J connectivity index is 3.28. The highest BCUT2D eigenvalue weighted by atomic mass is 16.4. The Morgan fingerprint density at radius 3 is 1.35 bits per heavy atom. The minimum atomic E-state index is -1.44. The standard InChI is InChI=1S/C22H44O4/c1-2-3-4-5-6-7-8-9-10-11-12-13-14-15-16-17-18-22(26,20-23)19-21(24)25/h23,26H,2-20H2,1H3,(H,24,25). The van der Waals surface area contributed by atoms with Gasteiger partial charge in [-0.15, -0.1) is 0 Å². The van der Waals surface area contributed by atoms with Gasteiger partial charge in [-0.25, -0.2) is 0 Å². The summed E-state index contributed by atoms with van der Waals surface area (Å²) in [5.41, 5.74) is -1.44. The summed E-state index contributed by atoms with van der Waals surface area (Å²) in [5.74, 6) is -1.06. The van der Waals surface area contributed by atoms with E-state index in [0.29, 0.717) is 6.42 Å². The van der Waals surface area contributed by atoms with E-state index < -0.39 is 18.2 Å². The fourth-order valence-electron chi connectivity index (χ4n) is 3.51. The second-order valence-electron chi connectivity index (χ2n) is 8.01.